The van der Waals surface area contributed by atoms with Crippen molar-refractivity contribution in [3.05, 3.63) is 30.0 Å². The predicted octanol–water partition coefficient (Wildman–Crippen LogP) is 3.34. The quantitative estimate of drug-likeness (QED) is 0.871. The number of fused-ring (bicyclic) bond motifs is 1. The van der Waals surface area contributed by atoms with Gasteiger partial charge >= 0.3 is 0 Å². The van der Waals surface area contributed by atoms with E-state index in [1.54, 1.807) is 0 Å². The van der Waals surface area contributed by atoms with Crippen LogP contribution in [-0.4, -0.2) is 16.3 Å². The second kappa shape index (κ2) is 4.59. The van der Waals surface area contributed by atoms with Crippen molar-refractivity contribution in [1.29, 1.82) is 0 Å². The number of nitrogens with one attached hydrogen (secondary N) is 1. The van der Waals surface area contributed by atoms with Crippen molar-refractivity contribution < 1.29 is 0 Å². The van der Waals surface area contributed by atoms with Crippen molar-refractivity contribution in [1.82, 2.24) is 15.1 Å². The average Bonchev–Trinajstić information content (AvgIpc) is 3.36. The summed E-state index contributed by atoms with van der Waals surface area (Å²) in [6.07, 6.45) is 5.81. The molecule has 2 fully saturated rings. The second-order valence-electron chi connectivity index (χ2n) is 6.52. The maximum atomic E-state index is 4.76. The minimum absolute atomic E-state index is 0.670. The van der Waals surface area contributed by atoms with Gasteiger partial charge in [-0.3, -0.25) is 4.68 Å². The third-order valence-electron chi connectivity index (χ3n) is 5.14. The van der Waals surface area contributed by atoms with Crippen LogP contribution in [0.15, 0.2) is 24.3 Å². The minimum atomic E-state index is 0.670. The standard InChI is InChI=1S/C17H23N3/c1-2-20-16-6-4-3-5-14(16)15(19-20)11-18-12-17(9-10-17)13-7-8-13/h3-6,13,18H,2,7-12H2,1H3. The Morgan fingerprint density at radius 2 is 2.10 bits per heavy atom. The molecule has 0 unspecified atom stereocenters. The fourth-order valence-electron chi connectivity index (χ4n) is 3.58. The number of aromatic nitrogens is 2. The Balaban J connectivity index is 1.48. The van der Waals surface area contributed by atoms with Gasteiger partial charge < -0.3 is 5.32 Å². The number of benzene rings is 1. The highest BCUT2D eigenvalue weighted by molar-refractivity contribution is 5.81. The molecule has 0 spiro atoms. The molecule has 0 saturated heterocycles. The monoisotopic (exact) mass is 269 g/mol. The Hall–Kier alpha value is -1.35. The van der Waals surface area contributed by atoms with Crippen molar-refractivity contribution in [2.75, 3.05) is 6.54 Å². The lowest BCUT2D eigenvalue weighted by atomic mass is 10.0. The van der Waals surface area contributed by atoms with Gasteiger partial charge in [-0.15, -0.1) is 0 Å². The summed E-state index contributed by atoms with van der Waals surface area (Å²) in [5.41, 5.74) is 3.13. The number of hydrogen-bond donors (Lipinski definition) is 1. The molecule has 0 atom stereocenters. The van der Waals surface area contributed by atoms with Gasteiger partial charge in [-0.1, -0.05) is 18.2 Å². The summed E-state index contributed by atoms with van der Waals surface area (Å²) in [5.74, 6) is 1.03. The van der Waals surface area contributed by atoms with E-state index < -0.39 is 0 Å². The zero-order chi connectivity index (χ0) is 13.6. The Kier molecular flexibility index (Phi) is 2.84. The highest BCUT2D eigenvalue weighted by Gasteiger charge is 2.53. The van der Waals surface area contributed by atoms with Crippen LogP contribution in [0.3, 0.4) is 0 Å². The van der Waals surface area contributed by atoms with Gasteiger partial charge in [-0.05, 0) is 50.0 Å². The van der Waals surface area contributed by atoms with Crippen LogP contribution >= 0.6 is 0 Å². The molecule has 3 heteroatoms. The number of rotatable bonds is 6. The van der Waals surface area contributed by atoms with E-state index in [1.165, 1.54) is 48.8 Å². The Labute approximate surface area is 120 Å². The lowest BCUT2D eigenvalue weighted by molar-refractivity contribution is 0.402. The summed E-state index contributed by atoms with van der Waals surface area (Å²) in [6, 6.07) is 8.57. The van der Waals surface area contributed by atoms with Gasteiger partial charge in [0, 0.05) is 25.0 Å². The molecular formula is C17H23N3. The number of nitrogens with zero attached hydrogens (tertiary/aromatic N) is 2. The molecule has 106 valence electrons. The summed E-state index contributed by atoms with van der Waals surface area (Å²) < 4.78 is 2.11. The molecule has 2 saturated carbocycles. The Morgan fingerprint density at radius 3 is 2.80 bits per heavy atom. The fraction of sp³-hybridized carbons (Fsp3) is 0.588. The van der Waals surface area contributed by atoms with Gasteiger partial charge in [0.05, 0.1) is 11.2 Å². The first kappa shape index (κ1) is 12.4. The largest absolute Gasteiger partial charge is 0.311 e. The third-order valence-corrected chi connectivity index (χ3v) is 5.14. The second-order valence-corrected chi connectivity index (χ2v) is 6.52. The number of aryl methyl sites for hydroxylation is 1. The maximum Gasteiger partial charge on any atom is 0.0841 e. The first-order valence-electron chi connectivity index (χ1n) is 7.97. The average molecular weight is 269 g/mol. The van der Waals surface area contributed by atoms with E-state index >= 15 is 0 Å². The van der Waals surface area contributed by atoms with Crippen LogP contribution in [0.2, 0.25) is 0 Å². The molecule has 2 aromatic rings. The molecule has 2 aliphatic rings. The molecule has 3 nitrogen and oxygen atoms in total. The van der Waals surface area contributed by atoms with E-state index in [0.29, 0.717) is 5.41 Å². The van der Waals surface area contributed by atoms with Crippen molar-refractivity contribution in [2.24, 2.45) is 11.3 Å². The molecule has 1 heterocycles. The molecule has 2 aliphatic carbocycles. The topological polar surface area (TPSA) is 29.9 Å². The zero-order valence-corrected chi connectivity index (χ0v) is 12.2. The molecule has 0 bridgehead atoms. The van der Waals surface area contributed by atoms with Gasteiger partial charge in [-0.25, -0.2) is 0 Å². The van der Waals surface area contributed by atoms with Crippen LogP contribution in [0.25, 0.3) is 10.9 Å². The Bertz CT molecular complexity index is 620. The highest BCUT2D eigenvalue weighted by atomic mass is 15.3. The van der Waals surface area contributed by atoms with Gasteiger partial charge in [0.2, 0.25) is 0 Å². The van der Waals surface area contributed by atoms with E-state index in [2.05, 4.69) is 41.2 Å². The molecule has 1 aromatic heterocycles. The van der Waals surface area contributed by atoms with Gasteiger partial charge in [0.15, 0.2) is 0 Å². The van der Waals surface area contributed by atoms with Crippen LogP contribution < -0.4 is 5.32 Å². The van der Waals surface area contributed by atoms with E-state index in [4.69, 9.17) is 5.10 Å². The first-order chi connectivity index (χ1) is 9.82. The highest BCUT2D eigenvalue weighted by Crippen LogP contribution is 2.60. The summed E-state index contributed by atoms with van der Waals surface area (Å²) in [4.78, 5) is 0. The predicted molar refractivity (Wildman–Crippen MR) is 81.5 cm³/mol. The van der Waals surface area contributed by atoms with Crippen LogP contribution in [-0.2, 0) is 13.1 Å². The van der Waals surface area contributed by atoms with E-state index in [1.807, 2.05) is 0 Å². The molecular weight excluding hydrogens is 246 g/mol. The molecule has 0 radical (unpaired) electrons. The number of hydrogen-bond acceptors (Lipinski definition) is 2. The molecule has 0 aliphatic heterocycles. The normalized spacial score (nSPS) is 20.4. The van der Waals surface area contributed by atoms with Gasteiger partial charge in [0.25, 0.3) is 0 Å². The van der Waals surface area contributed by atoms with Crippen molar-refractivity contribution >= 4 is 10.9 Å². The summed E-state index contributed by atoms with van der Waals surface area (Å²) in [7, 11) is 0. The van der Waals surface area contributed by atoms with Crippen molar-refractivity contribution in [2.45, 2.75) is 45.7 Å². The molecule has 4 rings (SSSR count). The summed E-state index contributed by atoms with van der Waals surface area (Å²) in [6.45, 7) is 5.18. The SMILES string of the molecule is CCn1nc(CNCC2(C3CC3)CC2)c2ccccc21. The summed E-state index contributed by atoms with van der Waals surface area (Å²) in [5, 5.41) is 9.75. The van der Waals surface area contributed by atoms with Crippen LogP contribution in [0, 0.1) is 11.3 Å². The van der Waals surface area contributed by atoms with Gasteiger partial charge in [-0.2, -0.15) is 5.10 Å². The van der Waals surface area contributed by atoms with E-state index in [0.717, 1.165) is 19.0 Å². The minimum Gasteiger partial charge on any atom is -0.311 e. The third kappa shape index (κ3) is 2.05. The van der Waals surface area contributed by atoms with Crippen LogP contribution in [0.1, 0.15) is 38.3 Å². The molecule has 1 aromatic carbocycles. The van der Waals surface area contributed by atoms with E-state index in [-0.39, 0.29) is 0 Å². The van der Waals surface area contributed by atoms with Crippen LogP contribution in [0.5, 0.6) is 0 Å². The van der Waals surface area contributed by atoms with Gasteiger partial charge in [0.1, 0.15) is 0 Å². The van der Waals surface area contributed by atoms with Crippen LogP contribution in [0.4, 0.5) is 0 Å². The molecule has 1 N–H and O–H groups in total. The molecule has 20 heavy (non-hydrogen) atoms. The molecule has 0 amide bonds. The smallest absolute Gasteiger partial charge is 0.0841 e. The van der Waals surface area contributed by atoms with E-state index in [9.17, 15) is 0 Å². The fourth-order valence-corrected chi connectivity index (χ4v) is 3.58. The Morgan fingerprint density at radius 1 is 1.30 bits per heavy atom. The lowest BCUT2D eigenvalue weighted by Gasteiger charge is -2.14. The summed E-state index contributed by atoms with van der Waals surface area (Å²) >= 11 is 0. The number of para-hydroxylation sites is 1. The zero-order valence-electron chi connectivity index (χ0n) is 12.2. The first-order valence-corrected chi connectivity index (χ1v) is 7.97. The van der Waals surface area contributed by atoms with Crippen molar-refractivity contribution in [3.8, 4) is 0 Å². The lowest BCUT2D eigenvalue weighted by Crippen LogP contribution is -2.25. The maximum absolute atomic E-state index is 4.76. The van der Waals surface area contributed by atoms with Crippen molar-refractivity contribution in [3.63, 3.8) is 0 Å².